The summed E-state index contributed by atoms with van der Waals surface area (Å²) in [5, 5.41) is 5.44. The molecule has 1 aliphatic rings. The number of benzene rings is 3. The van der Waals surface area contributed by atoms with E-state index in [9.17, 15) is 13.2 Å². The normalized spacial score (nSPS) is 16.0. The number of carbonyl (C=O) groups excluding carboxylic acids is 1. The zero-order valence-corrected chi connectivity index (χ0v) is 24.1. The molecule has 1 atom stereocenters. The first-order chi connectivity index (χ1) is 18.6. The molecule has 1 amide bonds. The minimum Gasteiger partial charge on any atom is -0.497 e. The highest BCUT2D eigenvalue weighted by Crippen LogP contribution is 2.35. The van der Waals surface area contributed by atoms with E-state index in [0.29, 0.717) is 17.8 Å². The van der Waals surface area contributed by atoms with Crippen molar-refractivity contribution >= 4 is 44.3 Å². The lowest BCUT2D eigenvalue weighted by atomic mass is 9.98. The van der Waals surface area contributed by atoms with Crippen molar-refractivity contribution in [2.24, 2.45) is 0 Å². The minimum atomic E-state index is -3.37. The van der Waals surface area contributed by atoms with Crippen LogP contribution in [0.4, 0.5) is 5.69 Å². The summed E-state index contributed by atoms with van der Waals surface area (Å²) in [5.74, 6) is 2.46. The van der Waals surface area contributed by atoms with E-state index < -0.39 is 10.0 Å². The third-order valence-corrected chi connectivity index (χ3v) is 8.48. The number of carbonyl (C=O) groups is 1. The number of aromatic nitrogens is 2. The van der Waals surface area contributed by atoms with E-state index in [1.165, 1.54) is 0 Å². The fourth-order valence-electron chi connectivity index (χ4n) is 4.95. The Morgan fingerprint density at radius 1 is 1.08 bits per heavy atom. The van der Waals surface area contributed by atoms with E-state index in [2.05, 4.69) is 23.7 Å². The minimum absolute atomic E-state index is 0.0263. The van der Waals surface area contributed by atoms with Gasteiger partial charge in [-0.15, -0.1) is 0 Å². The van der Waals surface area contributed by atoms with Crippen LogP contribution in [0.25, 0.3) is 22.0 Å². The summed E-state index contributed by atoms with van der Waals surface area (Å²) < 4.78 is 33.0. The predicted octanol–water partition coefficient (Wildman–Crippen LogP) is 5.59. The van der Waals surface area contributed by atoms with E-state index in [1.54, 1.807) is 25.4 Å². The van der Waals surface area contributed by atoms with Crippen LogP contribution < -0.4 is 9.46 Å². The van der Waals surface area contributed by atoms with Crippen LogP contribution in [-0.4, -0.2) is 60.4 Å². The van der Waals surface area contributed by atoms with E-state index in [-0.39, 0.29) is 18.0 Å². The molecule has 1 N–H and O–H groups in total. The second-order valence-corrected chi connectivity index (χ2v) is 12.9. The van der Waals surface area contributed by atoms with Gasteiger partial charge in [0.1, 0.15) is 5.75 Å². The van der Waals surface area contributed by atoms with Crippen molar-refractivity contribution < 1.29 is 17.9 Å². The van der Waals surface area contributed by atoms with Crippen LogP contribution in [0.5, 0.6) is 5.75 Å². The van der Waals surface area contributed by atoms with Crippen LogP contribution in [-0.2, 0) is 10.0 Å². The summed E-state index contributed by atoms with van der Waals surface area (Å²) in [7, 11) is -1.73. The SMILES string of the molecule is COc1ccc(C2CSCCN2C(=O)c2cc(-c3ccc(NS(C)(=O)=O)cc3)cc3c2cnn3C(C)C)cc1. The lowest BCUT2D eigenvalue weighted by Gasteiger charge is -2.36. The number of rotatable bonds is 7. The molecule has 204 valence electrons. The van der Waals surface area contributed by atoms with Gasteiger partial charge in [0.25, 0.3) is 5.91 Å². The summed E-state index contributed by atoms with van der Waals surface area (Å²) in [6.45, 7) is 4.78. The number of methoxy groups -OCH3 is 1. The molecule has 0 aliphatic carbocycles. The highest BCUT2D eigenvalue weighted by molar-refractivity contribution is 7.99. The largest absolute Gasteiger partial charge is 0.497 e. The van der Waals surface area contributed by atoms with Crippen LogP contribution in [0.15, 0.2) is 66.9 Å². The monoisotopic (exact) mass is 564 g/mol. The highest BCUT2D eigenvalue weighted by Gasteiger charge is 2.31. The number of ether oxygens (including phenoxy) is 1. The maximum absolute atomic E-state index is 14.3. The second kappa shape index (κ2) is 10.9. The van der Waals surface area contributed by atoms with Crippen LogP contribution in [0.3, 0.4) is 0 Å². The number of hydrogen-bond acceptors (Lipinski definition) is 6. The molecule has 1 unspecified atom stereocenters. The van der Waals surface area contributed by atoms with Crippen LogP contribution in [0.2, 0.25) is 0 Å². The molecule has 1 aromatic heterocycles. The first kappa shape index (κ1) is 27.1. The summed E-state index contributed by atoms with van der Waals surface area (Å²) >= 11 is 1.85. The molecule has 5 rings (SSSR count). The lowest BCUT2D eigenvalue weighted by molar-refractivity contribution is 0.0703. The van der Waals surface area contributed by atoms with Gasteiger partial charge in [-0.3, -0.25) is 14.2 Å². The average molecular weight is 565 g/mol. The smallest absolute Gasteiger partial charge is 0.255 e. The first-order valence-electron chi connectivity index (χ1n) is 12.8. The Morgan fingerprint density at radius 2 is 1.79 bits per heavy atom. The van der Waals surface area contributed by atoms with Crippen molar-refractivity contribution in [1.29, 1.82) is 0 Å². The molecule has 0 saturated carbocycles. The second-order valence-electron chi connectivity index (χ2n) is 9.95. The fourth-order valence-corrected chi connectivity index (χ4v) is 6.60. The molecule has 10 heteroatoms. The van der Waals surface area contributed by atoms with Crippen molar-refractivity contribution in [2.75, 3.05) is 36.1 Å². The van der Waals surface area contributed by atoms with Gasteiger partial charge >= 0.3 is 0 Å². The molecule has 1 saturated heterocycles. The van der Waals surface area contributed by atoms with E-state index in [4.69, 9.17) is 4.74 Å². The molecule has 3 aromatic carbocycles. The number of amides is 1. The Hall–Kier alpha value is -3.50. The molecule has 39 heavy (non-hydrogen) atoms. The van der Waals surface area contributed by atoms with Crippen LogP contribution in [0, 0.1) is 0 Å². The van der Waals surface area contributed by atoms with Gasteiger partial charge in [0, 0.05) is 35.2 Å². The Labute approximate surface area is 233 Å². The van der Waals surface area contributed by atoms with Crippen molar-refractivity contribution in [1.82, 2.24) is 14.7 Å². The highest BCUT2D eigenvalue weighted by atomic mass is 32.2. The van der Waals surface area contributed by atoms with Gasteiger partial charge in [-0.05, 0) is 66.9 Å². The molecular formula is C29H32N4O4S2. The third-order valence-electron chi connectivity index (χ3n) is 6.85. The molecule has 0 radical (unpaired) electrons. The maximum atomic E-state index is 14.3. The Bertz CT molecular complexity index is 1600. The number of sulfonamides is 1. The molecule has 0 spiro atoms. The van der Waals surface area contributed by atoms with Crippen molar-refractivity contribution in [3.63, 3.8) is 0 Å². The first-order valence-corrected chi connectivity index (χ1v) is 15.8. The molecule has 1 fully saturated rings. The van der Waals surface area contributed by atoms with Gasteiger partial charge in [0.05, 0.1) is 36.7 Å². The predicted molar refractivity (Wildman–Crippen MR) is 158 cm³/mol. The number of fused-ring (bicyclic) bond motifs is 1. The number of nitrogens with one attached hydrogen (secondary N) is 1. The van der Waals surface area contributed by atoms with Gasteiger partial charge in [0.2, 0.25) is 10.0 Å². The van der Waals surface area contributed by atoms with Crippen molar-refractivity contribution in [2.45, 2.75) is 25.9 Å². The van der Waals surface area contributed by atoms with Gasteiger partial charge in [0.15, 0.2) is 0 Å². The molecule has 8 nitrogen and oxygen atoms in total. The fraction of sp³-hybridized carbons (Fsp3) is 0.310. The van der Waals surface area contributed by atoms with E-state index in [1.807, 2.05) is 69.9 Å². The zero-order chi connectivity index (χ0) is 27.7. The Morgan fingerprint density at radius 3 is 2.44 bits per heavy atom. The standard InChI is InChI=1S/C29H32N4O4S2/c1-19(2)33-27-16-22(20-5-9-23(10-6-20)31-39(4,35)36)15-25(26(27)17-30-33)29(34)32-13-14-38-18-28(32)21-7-11-24(37-3)12-8-21/h5-12,15-17,19,28,31H,13-14,18H2,1-4H3. The number of nitrogens with zero attached hydrogens (tertiary/aromatic N) is 3. The number of hydrogen-bond donors (Lipinski definition) is 1. The van der Waals surface area contributed by atoms with Gasteiger partial charge < -0.3 is 9.64 Å². The summed E-state index contributed by atoms with van der Waals surface area (Å²) in [6, 6.07) is 19.1. The van der Waals surface area contributed by atoms with Gasteiger partial charge in [-0.2, -0.15) is 16.9 Å². The number of thioether (sulfide) groups is 1. The van der Waals surface area contributed by atoms with Crippen molar-refractivity contribution in [3.8, 4) is 16.9 Å². The summed E-state index contributed by atoms with van der Waals surface area (Å²) in [6.07, 6.45) is 2.91. The molecular weight excluding hydrogens is 532 g/mol. The zero-order valence-electron chi connectivity index (χ0n) is 22.4. The van der Waals surface area contributed by atoms with Crippen LogP contribution >= 0.6 is 11.8 Å². The number of anilines is 1. The Kier molecular flexibility index (Phi) is 7.59. The summed E-state index contributed by atoms with van der Waals surface area (Å²) in [4.78, 5) is 16.2. The molecule has 0 bridgehead atoms. The molecule has 1 aliphatic heterocycles. The topological polar surface area (TPSA) is 93.5 Å². The van der Waals surface area contributed by atoms with Crippen LogP contribution in [0.1, 0.15) is 41.9 Å². The van der Waals surface area contributed by atoms with E-state index >= 15 is 0 Å². The van der Waals surface area contributed by atoms with Crippen molar-refractivity contribution in [3.05, 3.63) is 78.0 Å². The summed E-state index contributed by atoms with van der Waals surface area (Å²) in [5.41, 5.74) is 4.80. The quantitative estimate of drug-likeness (QED) is 0.314. The van der Waals surface area contributed by atoms with Gasteiger partial charge in [-0.25, -0.2) is 8.42 Å². The maximum Gasteiger partial charge on any atom is 0.255 e. The Balaban J connectivity index is 1.57. The van der Waals surface area contributed by atoms with Gasteiger partial charge in [-0.1, -0.05) is 24.3 Å². The van der Waals surface area contributed by atoms with E-state index in [0.717, 1.165) is 51.1 Å². The third kappa shape index (κ3) is 5.77. The lowest BCUT2D eigenvalue weighted by Crippen LogP contribution is -2.40. The average Bonchev–Trinajstić information content (AvgIpc) is 3.36. The molecule has 2 heterocycles. The molecule has 4 aromatic rings.